The van der Waals surface area contributed by atoms with Gasteiger partial charge in [-0.1, -0.05) is 71.0 Å². The number of carbonyl (C=O) groups excluding carboxylic acids is 2. The molecule has 2 amide bonds. The number of amides is 2. The highest BCUT2D eigenvalue weighted by Gasteiger charge is 2.31. The van der Waals surface area contributed by atoms with E-state index in [4.69, 9.17) is 27.9 Å². The minimum atomic E-state index is -0.595. The number of hydrogen-bond donors (Lipinski definition) is 1. The fourth-order valence-corrected chi connectivity index (χ4v) is 4.74. The summed E-state index contributed by atoms with van der Waals surface area (Å²) in [5.41, 5.74) is 0.886. The molecule has 1 atom stereocenters. The lowest BCUT2D eigenvalue weighted by atomic mass is 10.1. The van der Waals surface area contributed by atoms with Gasteiger partial charge in [0.05, 0.1) is 5.02 Å². The number of halogens is 3. The minimum absolute atomic E-state index is 0.122. The van der Waals surface area contributed by atoms with Gasteiger partial charge in [0.2, 0.25) is 5.91 Å². The molecule has 0 heterocycles. The van der Waals surface area contributed by atoms with E-state index in [1.807, 2.05) is 19.1 Å². The minimum Gasteiger partial charge on any atom is -0.482 e. The van der Waals surface area contributed by atoms with E-state index in [2.05, 4.69) is 21.2 Å². The zero-order chi connectivity index (χ0) is 23.1. The summed E-state index contributed by atoms with van der Waals surface area (Å²) in [4.78, 5) is 27.9. The Kier molecular flexibility index (Phi) is 9.26. The van der Waals surface area contributed by atoms with Crippen molar-refractivity contribution in [3.05, 3.63) is 62.5 Å². The third kappa shape index (κ3) is 6.87. The van der Waals surface area contributed by atoms with Crippen LogP contribution in [0.1, 0.15) is 44.6 Å². The molecule has 1 saturated carbocycles. The molecule has 0 aromatic heterocycles. The van der Waals surface area contributed by atoms with Crippen molar-refractivity contribution in [3.63, 3.8) is 0 Å². The van der Waals surface area contributed by atoms with Gasteiger partial charge in [-0.3, -0.25) is 9.59 Å². The van der Waals surface area contributed by atoms with E-state index < -0.39 is 6.04 Å². The first kappa shape index (κ1) is 24.9. The highest BCUT2D eigenvalue weighted by Crippen LogP contribution is 2.28. The van der Waals surface area contributed by atoms with Crippen molar-refractivity contribution in [3.8, 4) is 5.75 Å². The quantitative estimate of drug-likeness (QED) is 0.423. The summed E-state index contributed by atoms with van der Waals surface area (Å²) in [5.74, 6) is 0.00820. The van der Waals surface area contributed by atoms with Crippen LogP contribution < -0.4 is 10.1 Å². The highest BCUT2D eigenvalue weighted by atomic mass is 79.9. The van der Waals surface area contributed by atoms with Crippen LogP contribution in [0.15, 0.2) is 46.9 Å². The van der Waals surface area contributed by atoms with Gasteiger partial charge in [-0.05, 0) is 55.2 Å². The van der Waals surface area contributed by atoms with Crippen molar-refractivity contribution in [2.45, 2.75) is 57.7 Å². The van der Waals surface area contributed by atoms with Crippen molar-refractivity contribution in [2.24, 2.45) is 0 Å². The molecule has 5 nitrogen and oxygen atoms in total. The molecule has 0 bridgehead atoms. The van der Waals surface area contributed by atoms with Crippen LogP contribution in [0.4, 0.5) is 0 Å². The van der Waals surface area contributed by atoms with Gasteiger partial charge in [-0.25, -0.2) is 0 Å². The third-order valence-corrected chi connectivity index (χ3v) is 6.64. The summed E-state index contributed by atoms with van der Waals surface area (Å²) in [6, 6.07) is 12.1. The standard InChI is InChI=1S/C24H27BrCl2N2O3/c1-2-21(24(31)28-19-5-3-4-6-19)29(14-16-7-10-18(26)11-8-16)23(30)15-32-22-12-9-17(25)13-20(22)27/h7-13,19,21H,2-6,14-15H2,1H3,(H,28,31). The second kappa shape index (κ2) is 11.9. The zero-order valence-electron chi connectivity index (χ0n) is 18.0. The lowest BCUT2D eigenvalue weighted by Crippen LogP contribution is -2.52. The molecule has 1 aliphatic rings. The van der Waals surface area contributed by atoms with Gasteiger partial charge in [0.1, 0.15) is 11.8 Å². The lowest BCUT2D eigenvalue weighted by Gasteiger charge is -2.31. The van der Waals surface area contributed by atoms with Crippen LogP contribution in [0, 0.1) is 0 Å². The smallest absolute Gasteiger partial charge is 0.261 e. The van der Waals surface area contributed by atoms with Crippen LogP contribution in [0.2, 0.25) is 10.0 Å². The van der Waals surface area contributed by atoms with Gasteiger partial charge in [0, 0.05) is 22.1 Å². The summed E-state index contributed by atoms with van der Waals surface area (Å²) in [5, 5.41) is 4.15. The van der Waals surface area contributed by atoms with Crippen molar-refractivity contribution < 1.29 is 14.3 Å². The average molecular weight is 542 g/mol. The van der Waals surface area contributed by atoms with Crippen LogP contribution in [0.3, 0.4) is 0 Å². The Morgan fingerprint density at radius 3 is 2.47 bits per heavy atom. The van der Waals surface area contributed by atoms with E-state index in [1.165, 1.54) is 0 Å². The maximum atomic E-state index is 13.3. The Hall–Kier alpha value is -1.76. The molecule has 8 heteroatoms. The van der Waals surface area contributed by atoms with Crippen molar-refractivity contribution in [1.29, 1.82) is 0 Å². The summed E-state index contributed by atoms with van der Waals surface area (Å²) in [7, 11) is 0. The summed E-state index contributed by atoms with van der Waals surface area (Å²) in [6.45, 7) is 1.97. The first-order valence-electron chi connectivity index (χ1n) is 10.8. The maximum Gasteiger partial charge on any atom is 0.261 e. The molecule has 2 aromatic carbocycles. The number of nitrogens with one attached hydrogen (secondary N) is 1. The second-order valence-corrected chi connectivity index (χ2v) is 9.68. The Labute approximate surface area is 207 Å². The number of hydrogen-bond acceptors (Lipinski definition) is 3. The average Bonchev–Trinajstić information content (AvgIpc) is 3.27. The van der Waals surface area contributed by atoms with Crippen molar-refractivity contribution in [2.75, 3.05) is 6.61 Å². The van der Waals surface area contributed by atoms with Crippen LogP contribution in [-0.4, -0.2) is 35.4 Å². The molecule has 0 aliphatic heterocycles. The predicted octanol–water partition coefficient (Wildman–Crippen LogP) is 6.00. The zero-order valence-corrected chi connectivity index (χ0v) is 21.0. The van der Waals surface area contributed by atoms with E-state index in [9.17, 15) is 9.59 Å². The first-order chi connectivity index (χ1) is 15.4. The fraction of sp³-hybridized carbons (Fsp3) is 0.417. The number of nitrogens with zero attached hydrogens (tertiary/aromatic N) is 1. The number of benzene rings is 2. The SMILES string of the molecule is CCC(C(=O)NC1CCCC1)N(Cc1ccc(Cl)cc1)C(=O)COc1ccc(Br)cc1Cl. The Morgan fingerprint density at radius 2 is 1.84 bits per heavy atom. The van der Waals surface area contributed by atoms with Gasteiger partial charge >= 0.3 is 0 Å². The van der Waals surface area contributed by atoms with Crippen molar-refractivity contribution in [1.82, 2.24) is 10.2 Å². The topological polar surface area (TPSA) is 58.6 Å². The first-order valence-corrected chi connectivity index (χ1v) is 12.3. The molecule has 0 saturated heterocycles. The predicted molar refractivity (Wildman–Crippen MR) is 131 cm³/mol. The largest absolute Gasteiger partial charge is 0.482 e. The summed E-state index contributed by atoms with van der Waals surface area (Å²) < 4.78 is 6.52. The van der Waals surface area contributed by atoms with Gasteiger partial charge in [-0.2, -0.15) is 0 Å². The molecule has 32 heavy (non-hydrogen) atoms. The van der Waals surface area contributed by atoms with Crippen LogP contribution >= 0.6 is 39.1 Å². The molecule has 0 radical (unpaired) electrons. The Balaban J connectivity index is 1.76. The second-order valence-electron chi connectivity index (χ2n) is 7.93. The molecular formula is C24H27BrCl2N2O3. The fourth-order valence-electron chi connectivity index (χ4n) is 3.89. The van der Waals surface area contributed by atoms with Gasteiger partial charge < -0.3 is 15.0 Å². The van der Waals surface area contributed by atoms with E-state index in [1.54, 1.807) is 35.2 Å². The van der Waals surface area contributed by atoms with E-state index >= 15 is 0 Å². The Morgan fingerprint density at radius 1 is 1.16 bits per heavy atom. The molecule has 1 fully saturated rings. The molecular weight excluding hydrogens is 515 g/mol. The number of carbonyl (C=O) groups is 2. The maximum absolute atomic E-state index is 13.3. The molecule has 172 valence electrons. The van der Waals surface area contributed by atoms with E-state index in [0.717, 1.165) is 35.7 Å². The van der Waals surface area contributed by atoms with Gasteiger partial charge in [0.25, 0.3) is 5.91 Å². The molecule has 1 N–H and O–H groups in total. The van der Waals surface area contributed by atoms with Crippen molar-refractivity contribution >= 4 is 50.9 Å². The monoisotopic (exact) mass is 540 g/mol. The number of ether oxygens (including phenoxy) is 1. The van der Waals surface area contributed by atoms with Gasteiger partial charge in [0.15, 0.2) is 6.61 Å². The third-order valence-electron chi connectivity index (χ3n) is 5.60. The van der Waals surface area contributed by atoms with Crippen LogP contribution in [0.5, 0.6) is 5.75 Å². The molecule has 1 aliphatic carbocycles. The highest BCUT2D eigenvalue weighted by molar-refractivity contribution is 9.10. The van der Waals surface area contributed by atoms with Crippen LogP contribution in [-0.2, 0) is 16.1 Å². The van der Waals surface area contributed by atoms with Gasteiger partial charge in [-0.15, -0.1) is 0 Å². The molecule has 3 rings (SSSR count). The normalized spacial score (nSPS) is 14.8. The molecule has 1 unspecified atom stereocenters. The summed E-state index contributed by atoms with van der Waals surface area (Å²) >= 11 is 15.6. The van der Waals surface area contributed by atoms with E-state index in [-0.39, 0.29) is 31.0 Å². The Bertz CT molecular complexity index is 933. The molecule has 2 aromatic rings. The van der Waals surface area contributed by atoms with E-state index in [0.29, 0.717) is 22.2 Å². The molecule has 0 spiro atoms. The lowest BCUT2D eigenvalue weighted by molar-refractivity contribution is -0.143. The van der Waals surface area contributed by atoms with Crippen LogP contribution in [0.25, 0.3) is 0 Å². The number of rotatable bonds is 9. The summed E-state index contributed by atoms with van der Waals surface area (Å²) in [6.07, 6.45) is 4.71.